The molecule has 0 aliphatic carbocycles. The van der Waals surface area contributed by atoms with Gasteiger partial charge in [-0.15, -0.1) is 0 Å². The van der Waals surface area contributed by atoms with Crippen LogP contribution >= 0.6 is 15.9 Å². The largest absolute Gasteiger partial charge is 0.399 e. The second-order valence-electron chi connectivity index (χ2n) is 4.58. The van der Waals surface area contributed by atoms with Crippen LogP contribution in [0, 0.1) is 0 Å². The standard InChI is InChI=1S/C14H14BrNO3S2/c1-21(18,19)13-6-4-12(5-7-13)20(17)9-10-2-3-11(16)8-14(10)15/h2-8H,9,16H2,1H3. The van der Waals surface area contributed by atoms with Crippen LogP contribution in [0.3, 0.4) is 0 Å². The first-order chi connectivity index (χ1) is 9.77. The Morgan fingerprint density at radius 3 is 2.29 bits per heavy atom. The van der Waals surface area contributed by atoms with Gasteiger partial charge in [0.05, 0.1) is 21.4 Å². The number of hydrogen-bond donors (Lipinski definition) is 1. The third kappa shape index (κ3) is 4.15. The van der Waals surface area contributed by atoms with Crippen LogP contribution in [0.25, 0.3) is 0 Å². The molecule has 0 aliphatic rings. The maximum atomic E-state index is 12.3. The van der Waals surface area contributed by atoms with Gasteiger partial charge >= 0.3 is 0 Å². The second kappa shape index (κ2) is 6.29. The summed E-state index contributed by atoms with van der Waals surface area (Å²) in [5.41, 5.74) is 7.18. The topological polar surface area (TPSA) is 77.2 Å². The minimum Gasteiger partial charge on any atom is -0.399 e. The average molecular weight is 388 g/mol. The molecular weight excluding hydrogens is 374 g/mol. The highest BCUT2D eigenvalue weighted by molar-refractivity contribution is 9.10. The third-order valence-electron chi connectivity index (χ3n) is 2.88. The molecule has 0 saturated heterocycles. The quantitative estimate of drug-likeness (QED) is 0.818. The van der Waals surface area contributed by atoms with E-state index in [1.165, 1.54) is 12.1 Å². The monoisotopic (exact) mass is 387 g/mol. The molecular formula is C14H14BrNO3S2. The first kappa shape index (κ1) is 16.2. The predicted molar refractivity (Wildman–Crippen MR) is 88.2 cm³/mol. The van der Waals surface area contributed by atoms with Crippen LogP contribution in [0.1, 0.15) is 5.56 Å². The predicted octanol–water partition coefficient (Wildman–Crippen LogP) is 2.74. The molecule has 0 fully saturated rings. The number of benzene rings is 2. The highest BCUT2D eigenvalue weighted by Crippen LogP contribution is 2.23. The van der Waals surface area contributed by atoms with Gasteiger partial charge in [-0.25, -0.2) is 8.42 Å². The summed E-state index contributed by atoms with van der Waals surface area (Å²) in [4.78, 5) is 0.808. The van der Waals surface area contributed by atoms with E-state index in [0.29, 0.717) is 16.3 Å². The summed E-state index contributed by atoms with van der Waals surface area (Å²) in [6.07, 6.45) is 1.14. The van der Waals surface area contributed by atoms with Gasteiger partial charge in [0.1, 0.15) is 0 Å². The maximum absolute atomic E-state index is 12.3. The molecule has 0 bridgehead atoms. The van der Waals surface area contributed by atoms with Gasteiger partial charge in [0.2, 0.25) is 0 Å². The molecule has 2 rings (SSSR count). The Labute approximate surface area is 134 Å². The molecule has 2 aromatic rings. The summed E-state index contributed by atoms with van der Waals surface area (Å²) < 4.78 is 35.9. The SMILES string of the molecule is CS(=O)(=O)c1ccc(S(=O)Cc2ccc(N)cc2Br)cc1. The van der Waals surface area contributed by atoms with Crippen molar-refractivity contribution in [3.05, 3.63) is 52.5 Å². The minimum atomic E-state index is -3.24. The van der Waals surface area contributed by atoms with Crippen molar-refractivity contribution in [2.45, 2.75) is 15.5 Å². The molecule has 0 amide bonds. The zero-order valence-corrected chi connectivity index (χ0v) is 14.5. The molecule has 0 heterocycles. The number of nitrogens with two attached hydrogens (primary N) is 1. The number of hydrogen-bond acceptors (Lipinski definition) is 4. The Balaban J connectivity index is 2.21. The van der Waals surface area contributed by atoms with Crippen molar-refractivity contribution in [1.82, 2.24) is 0 Å². The fourth-order valence-electron chi connectivity index (χ4n) is 1.74. The number of sulfone groups is 1. The van der Waals surface area contributed by atoms with Crippen LogP contribution in [0.4, 0.5) is 5.69 Å². The highest BCUT2D eigenvalue weighted by atomic mass is 79.9. The summed E-state index contributed by atoms with van der Waals surface area (Å²) in [5, 5.41) is 0. The molecule has 2 N–H and O–H groups in total. The van der Waals surface area contributed by atoms with Gasteiger partial charge in [-0.1, -0.05) is 22.0 Å². The normalized spacial score (nSPS) is 13.0. The summed E-state index contributed by atoms with van der Waals surface area (Å²) >= 11 is 3.39. The Morgan fingerprint density at radius 2 is 1.76 bits per heavy atom. The van der Waals surface area contributed by atoms with Crippen LogP contribution in [0.5, 0.6) is 0 Å². The first-order valence-electron chi connectivity index (χ1n) is 6.00. The van der Waals surface area contributed by atoms with Crippen molar-refractivity contribution in [2.24, 2.45) is 0 Å². The average Bonchev–Trinajstić information content (AvgIpc) is 2.41. The van der Waals surface area contributed by atoms with Gasteiger partial charge in [0, 0.05) is 21.3 Å². The Bertz CT molecular complexity index is 786. The molecule has 0 aliphatic heterocycles. The molecule has 0 aromatic heterocycles. The van der Waals surface area contributed by atoms with E-state index in [0.717, 1.165) is 16.3 Å². The molecule has 0 spiro atoms. The molecule has 1 unspecified atom stereocenters. The van der Waals surface area contributed by atoms with Crippen LogP contribution in [0.2, 0.25) is 0 Å². The molecule has 21 heavy (non-hydrogen) atoms. The Kier molecular flexibility index (Phi) is 4.85. The van der Waals surface area contributed by atoms with E-state index in [2.05, 4.69) is 15.9 Å². The lowest BCUT2D eigenvalue weighted by Gasteiger charge is -2.06. The summed E-state index contributed by atoms with van der Waals surface area (Å²) in [6, 6.07) is 11.4. The Hall–Kier alpha value is -1.18. The van der Waals surface area contributed by atoms with Crippen LogP contribution in [-0.2, 0) is 26.4 Å². The van der Waals surface area contributed by atoms with Crippen molar-refractivity contribution in [3.63, 3.8) is 0 Å². The zero-order valence-electron chi connectivity index (χ0n) is 11.2. The summed E-state index contributed by atoms with van der Waals surface area (Å²) in [5.74, 6) is 0.332. The minimum absolute atomic E-state index is 0.219. The Morgan fingerprint density at radius 1 is 1.14 bits per heavy atom. The molecule has 2 aromatic carbocycles. The van der Waals surface area contributed by atoms with Gasteiger partial charge in [-0.05, 0) is 42.0 Å². The maximum Gasteiger partial charge on any atom is 0.175 e. The lowest BCUT2D eigenvalue weighted by molar-refractivity contribution is 0.601. The molecule has 1 atom stereocenters. The van der Waals surface area contributed by atoms with Crippen LogP contribution < -0.4 is 5.73 Å². The first-order valence-corrected chi connectivity index (χ1v) is 10.00. The number of rotatable bonds is 4. The van der Waals surface area contributed by atoms with E-state index in [9.17, 15) is 12.6 Å². The van der Waals surface area contributed by atoms with Crippen molar-refractivity contribution in [1.29, 1.82) is 0 Å². The van der Waals surface area contributed by atoms with Crippen molar-refractivity contribution in [2.75, 3.05) is 12.0 Å². The molecule has 4 nitrogen and oxygen atoms in total. The van der Waals surface area contributed by atoms with E-state index in [1.54, 1.807) is 24.3 Å². The summed E-state index contributed by atoms with van der Waals surface area (Å²) in [7, 11) is -4.49. The van der Waals surface area contributed by atoms with Crippen molar-refractivity contribution in [3.8, 4) is 0 Å². The van der Waals surface area contributed by atoms with Crippen molar-refractivity contribution >= 4 is 42.3 Å². The van der Waals surface area contributed by atoms with Crippen LogP contribution in [0.15, 0.2) is 56.7 Å². The van der Waals surface area contributed by atoms with E-state index < -0.39 is 20.6 Å². The fraction of sp³-hybridized carbons (Fsp3) is 0.143. The van der Waals surface area contributed by atoms with Gasteiger partial charge in [0.25, 0.3) is 0 Å². The number of halogens is 1. The zero-order chi connectivity index (χ0) is 15.6. The fourth-order valence-corrected chi connectivity index (χ4v) is 4.24. The number of anilines is 1. The van der Waals surface area contributed by atoms with Crippen LogP contribution in [-0.4, -0.2) is 18.9 Å². The van der Waals surface area contributed by atoms with E-state index in [-0.39, 0.29) is 4.90 Å². The molecule has 112 valence electrons. The third-order valence-corrected chi connectivity index (χ3v) is 6.12. The molecule has 0 radical (unpaired) electrons. The van der Waals surface area contributed by atoms with Gasteiger partial charge in [-0.3, -0.25) is 4.21 Å². The smallest absolute Gasteiger partial charge is 0.175 e. The lowest BCUT2D eigenvalue weighted by Crippen LogP contribution is -2.00. The molecule has 7 heteroatoms. The van der Waals surface area contributed by atoms with Gasteiger partial charge in [0.15, 0.2) is 9.84 Å². The number of nitrogen functional groups attached to an aromatic ring is 1. The van der Waals surface area contributed by atoms with E-state index in [4.69, 9.17) is 5.73 Å². The summed E-state index contributed by atoms with van der Waals surface area (Å²) in [6.45, 7) is 0. The van der Waals surface area contributed by atoms with Gasteiger partial charge < -0.3 is 5.73 Å². The van der Waals surface area contributed by atoms with Crippen molar-refractivity contribution < 1.29 is 12.6 Å². The van der Waals surface area contributed by atoms with E-state index in [1.807, 2.05) is 6.07 Å². The molecule has 0 saturated carbocycles. The highest BCUT2D eigenvalue weighted by Gasteiger charge is 2.11. The van der Waals surface area contributed by atoms with Gasteiger partial charge in [-0.2, -0.15) is 0 Å². The lowest BCUT2D eigenvalue weighted by atomic mass is 10.2. The van der Waals surface area contributed by atoms with E-state index >= 15 is 0 Å². The second-order valence-corrected chi connectivity index (χ2v) is 8.91.